The lowest BCUT2D eigenvalue weighted by Crippen LogP contribution is -1.96. The fourth-order valence-electron chi connectivity index (χ4n) is 7.43. The molecule has 2 heteroatoms. The first kappa shape index (κ1) is 28.0. The third kappa shape index (κ3) is 4.30. The highest BCUT2D eigenvalue weighted by molar-refractivity contribution is 14.1. The summed E-state index contributed by atoms with van der Waals surface area (Å²) >= 11 is 5.07. The summed E-state index contributed by atoms with van der Waals surface area (Å²) in [6, 6.07) is 58.0. The normalized spacial score (nSPS) is 11.7. The number of rotatable bonds is 4. The van der Waals surface area contributed by atoms with Crippen molar-refractivity contribution in [3.05, 3.63) is 165 Å². The predicted octanol–water partition coefficient (Wildman–Crippen LogP) is 13.6. The van der Waals surface area contributed by atoms with Crippen LogP contribution in [0, 0.1) is 7.14 Å². The zero-order valence-corrected chi connectivity index (χ0v) is 29.1. The second-order valence-electron chi connectivity index (χ2n) is 11.8. The minimum atomic E-state index is 1.23. The Labute approximate surface area is 295 Å². The van der Waals surface area contributed by atoms with Crippen LogP contribution in [0.1, 0.15) is 0 Å². The number of halogens is 2. The van der Waals surface area contributed by atoms with Gasteiger partial charge < -0.3 is 0 Å². The molecule has 9 rings (SSSR count). The molecule has 0 aliphatic heterocycles. The van der Waals surface area contributed by atoms with Crippen molar-refractivity contribution in [1.82, 2.24) is 0 Å². The van der Waals surface area contributed by atoms with Crippen LogP contribution in [0.15, 0.2) is 158 Å². The molecule has 0 atom stereocenters. The van der Waals surface area contributed by atoms with Crippen LogP contribution in [0.25, 0.3) is 87.6 Å². The minimum Gasteiger partial charge on any atom is -0.0622 e. The summed E-state index contributed by atoms with van der Waals surface area (Å²) in [5.41, 5.74) is 10.1. The third-order valence-corrected chi connectivity index (χ3v) is 11.2. The van der Waals surface area contributed by atoms with E-state index >= 15 is 0 Å². The van der Waals surface area contributed by atoms with Crippen LogP contribution in [0.5, 0.6) is 0 Å². The first-order valence-electron chi connectivity index (χ1n) is 15.5. The van der Waals surface area contributed by atoms with Gasteiger partial charge in [0.25, 0.3) is 0 Å². The summed E-state index contributed by atoms with van der Waals surface area (Å²) in [6.07, 6.45) is 0. The van der Waals surface area contributed by atoms with E-state index in [0.717, 1.165) is 0 Å². The number of fused-ring (bicyclic) bond motifs is 2. The summed E-state index contributed by atoms with van der Waals surface area (Å²) in [4.78, 5) is 0. The Kier molecular flexibility index (Phi) is 6.83. The Bertz CT molecular complexity index is 2560. The van der Waals surface area contributed by atoms with E-state index in [0.29, 0.717) is 0 Å². The van der Waals surface area contributed by atoms with Gasteiger partial charge in [-0.25, -0.2) is 0 Å². The Balaban J connectivity index is 1.48. The van der Waals surface area contributed by atoms with E-state index in [2.05, 4.69) is 203 Å². The maximum atomic E-state index is 2.55. The molecule has 0 N–H and O–H groups in total. The fraction of sp³-hybridized carbons (Fsp3) is 0. The molecule has 0 saturated heterocycles. The van der Waals surface area contributed by atoms with Crippen molar-refractivity contribution in [2.45, 2.75) is 0 Å². The summed E-state index contributed by atoms with van der Waals surface area (Å²) in [5, 5.41) is 10.6. The zero-order valence-electron chi connectivity index (χ0n) is 24.8. The third-order valence-electron chi connectivity index (χ3n) is 9.38. The monoisotopic (exact) mass is 808 g/mol. The average molecular weight is 808 g/mol. The standard InChI is InChI=1S/C44H26I2/c45-39-25-24-37-43-35(39)23-22-33(31-18-9-7-16-29(31)27-12-3-1-4-13-27)41(43)36-21-11-20-34-40(46)26-38(44(37)42(34)36)32-19-10-8-17-30(32)28-14-5-2-6-15-28/h1-26H. The summed E-state index contributed by atoms with van der Waals surface area (Å²) in [6.45, 7) is 0. The van der Waals surface area contributed by atoms with E-state index in [1.165, 1.54) is 94.7 Å². The fourth-order valence-corrected chi connectivity index (χ4v) is 8.82. The molecule has 0 radical (unpaired) electrons. The summed E-state index contributed by atoms with van der Waals surface area (Å²) in [7, 11) is 0. The molecule has 9 aromatic carbocycles. The molecule has 216 valence electrons. The lowest BCUT2D eigenvalue weighted by Gasteiger charge is -2.22. The first-order chi connectivity index (χ1) is 22.7. The van der Waals surface area contributed by atoms with Gasteiger partial charge in [-0.3, -0.25) is 0 Å². The van der Waals surface area contributed by atoms with Crippen LogP contribution >= 0.6 is 45.2 Å². The van der Waals surface area contributed by atoms with Crippen molar-refractivity contribution < 1.29 is 0 Å². The molecule has 46 heavy (non-hydrogen) atoms. The Morgan fingerprint density at radius 1 is 0.261 bits per heavy atom. The summed E-state index contributed by atoms with van der Waals surface area (Å²) in [5.74, 6) is 0. The van der Waals surface area contributed by atoms with Crippen molar-refractivity contribution in [3.63, 3.8) is 0 Å². The zero-order chi connectivity index (χ0) is 30.8. The van der Waals surface area contributed by atoms with Gasteiger partial charge >= 0.3 is 0 Å². The van der Waals surface area contributed by atoms with Gasteiger partial charge in [-0.05, 0) is 145 Å². The van der Waals surface area contributed by atoms with Crippen molar-refractivity contribution in [3.8, 4) is 44.5 Å². The van der Waals surface area contributed by atoms with E-state index in [1.807, 2.05) is 0 Å². The van der Waals surface area contributed by atoms with Gasteiger partial charge in [-0.2, -0.15) is 0 Å². The lowest BCUT2D eigenvalue weighted by molar-refractivity contribution is 1.60. The number of benzene rings is 9. The van der Waals surface area contributed by atoms with Crippen molar-refractivity contribution in [1.29, 1.82) is 0 Å². The molecule has 0 aliphatic rings. The summed E-state index contributed by atoms with van der Waals surface area (Å²) < 4.78 is 2.54. The van der Waals surface area contributed by atoms with Gasteiger partial charge in [-0.1, -0.05) is 146 Å². The Morgan fingerprint density at radius 2 is 0.717 bits per heavy atom. The molecule has 0 heterocycles. The predicted molar refractivity (Wildman–Crippen MR) is 215 cm³/mol. The molecule has 0 saturated carbocycles. The highest BCUT2D eigenvalue weighted by atomic mass is 127. The molecule has 0 bridgehead atoms. The van der Waals surface area contributed by atoms with E-state index in [1.54, 1.807) is 0 Å². The Morgan fingerprint density at radius 3 is 1.35 bits per heavy atom. The molecule has 0 aromatic heterocycles. The largest absolute Gasteiger partial charge is 0.0622 e. The molecule has 0 unspecified atom stereocenters. The van der Waals surface area contributed by atoms with Gasteiger partial charge in [0.15, 0.2) is 0 Å². The average Bonchev–Trinajstić information content (AvgIpc) is 3.12. The molecule has 0 fully saturated rings. The van der Waals surface area contributed by atoms with Crippen LogP contribution in [0.4, 0.5) is 0 Å². The number of hydrogen-bond acceptors (Lipinski definition) is 0. The van der Waals surface area contributed by atoms with E-state index < -0.39 is 0 Å². The molecule has 9 aromatic rings. The second-order valence-corrected chi connectivity index (χ2v) is 14.2. The smallest absolute Gasteiger partial charge is 0.0215 e. The number of hydrogen-bond donors (Lipinski definition) is 0. The maximum absolute atomic E-state index is 2.55. The van der Waals surface area contributed by atoms with Crippen LogP contribution in [0.3, 0.4) is 0 Å². The Hall–Kier alpha value is -4.26. The molecular weight excluding hydrogens is 782 g/mol. The highest BCUT2D eigenvalue weighted by Gasteiger charge is 2.23. The quantitative estimate of drug-likeness (QED) is 0.0944. The van der Waals surface area contributed by atoms with Crippen LogP contribution in [-0.2, 0) is 0 Å². The SMILES string of the molecule is Ic1ccc2c3c(-c4ccccc4-c4ccccc4)cc(I)c4cccc(c5c(-c6ccccc6-c6ccccc6)ccc1c25)c43. The van der Waals surface area contributed by atoms with Crippen LogP contribution < -0.4 is 0 Å². The topological polar surface area (TPSA) is 0 Å². The van der Waals surface area contributed by atoms with Gasteiger partial charge in [-0.15, -0.1) is 0 Å². The van der Waals surface area contributed by atoms with Crippen molar-refractivity contribution >= 4 is 88.3 Å². The van der Waals surface area contributed by atoms with Gasteiger partial charge in [0.2, 0.25) is 0 Å². The van der Waals surface area contributed by atoms with Gasteiger partial charge in [0, 0.05) is 7.14 Å². The molecule has 0 nitrogen and oxygen atoms in total. The molecule has 0 spiro atoms. The minimum absolute atomic E-state index is 1.23. The second kappa shape index (κ2) is 11.2. The highest BCUT2D eigenvalue weighted by Crippen LogP contribution is 2.50. The molecule has 0 amide bonds. The van der Waals surface area contributed by atoms with Crippen molar-refractivity contribution in [2.75, 3.05) is 0 Å². The van der Waals surface area contributed by atoms with E-state index in [9.17, 15) is 0 Å². The van der Waals surface area contributed by atoms with E-state index in [4.69, 9.17) is 0 Å². The maximum Gasteiger partial charge on any atom is 0.0215 e. The van der Waals surface area contributed by atoms with Crippen LogP contribution in [-0.4, -0.2) is 0 Å². The van der Waals surface area contributed by atoms with Gasteiger partial charge in [0.05, 0.1) is 0 Å². The van der Waals surface area contributed by atoms with Crippen LogP contribution in [0.2, 0.25) is 0 Å². The van der Waals surface area contributed by atoms with E-state index in [-0.39, 0.29) is 0 Å². The van der Waals surface area contributed by atoms with Crippen molar-refractivity contribution in [2.24, 2.45) is 0 Å². The molecular formula is C44H26I2. The first-order valence-corrected chi connectivity index (χ1v) is 17.7. The molecule has 0 aliphatic carbocycles. The lowest BCUT2D eigenvalue weighted by atomic mass is 9.82. The van der Waals surface area contributed by atoms with Gasteiger partial charge in [0.1, 0.15) is 0 Å².